The maximum absolute atomic E-state index is 13.0. The van der Waals surface area contributed by atoms with Gasteiger partial charge >= 0.3 is 0 Å². The summed E-state index contributed by atoms with van der Waals surface area (Å²) in [6.07, 6.45) is 1.84. The van der Waals surface area contributed by atoms with Gasteiger partial charge in [0, 0.05) is 0 Å². The fraction of sp³-hybridized carbons (Fsp3) is 0.409. The van der Waals surface area contributed by atoms with E-state index in [0.29, 0.717) is 12.1 Å². The number of anilines is 1. The van der Waals surface area contributed by atoms with Crippen LogP contribution in [-0.2, 0) is 14.8 Å². The highest BCUT2D eigenvalue weighted by molar-refractivity contribution is 7.92. The number of aryl methyl sites for hydroxylation is 3. The second-order valence-electron chi connectivity index (χ2n) is 7.46. The van der Waals surface area contributed by atoms with Gasteiger partial charge in [-0.25, -0.2) is 8.42 Å². The Labute approximate surface area is 168 Å². The Morgan fingerprint density at radius 2 is 1.54 bits per heavy atom. The molecule has 0 heterocycles. The highest BCUT2D eigenvalue weighted by Crippen LogP contribution is 2.25. The summed E-state index contributed by atoms with van der Waals surface area (Å²) in [5, 5.41) is 3.01. The molecule has 2 aromatic rings. The van der Waals surface area contributed by atoms with Gasteiger partial charge in [-0.15, -0.1) is 0 Å². The van der Waals surface area contributed by atoms with E-state index in [1.807, 2.05) is 58.0 Å². The maximum Gasteiger partial charge on any atom is 0.244 e. The maximum atomic E-state index is 13.0. The molecule has 0 radical (unpaired) electrons. The second-order valence-corrected chi connectivity index (χ2v) is 9.32. The van der Waals surface area contributed by atoms with Gasteiger partial charge in [0.25, 0.3) is 0 Å². The van der Waals surface area contributed by atoms with Gasteiger partial charge in [-0.3, -0.25) is 9.10 Å². The van der Waals surface area contributed by atoms with E-state index >= 15 is 0 Å². The Hall–Kier alpha value is -2.34. The van der Waals surface area contributed by atoms with E-state index in [9.17, 15) is 13.2 Å². The van der Waals surface area contributed by atoms with Crippen molar-refractivity contribution in [2.75, 3.05) is 10.6 Å². The molecule has 0 unspecified atom stereocenters. The minimum atomic E-state index is -3.64. The molecular formula is C22H30N2O3S. The number of nitrogens with zero attached hydrogens (tertiary/aromatic N) is 1. The van der Waals surface area contributed by atoms with Crippen molar-refractivity contribution in [2.45, 2.75) is 53.1 Å². The van der Waals surface area contributed by atoms with Crippen molar-refractivity contribution < 1.29 is 13.2 Å². The summed E-state index contributed by atoms with van der Waals surface area (Å²) in [4.78, 5) is 13.0. The highest BCUT2D eigenvalue weighted by atomic mass is 32.2. The number of amides is 1. The zero-order chi connectivity index (χ0) is 21.1. The minimum Gasteiger partial charge on any atom is -0.347 e. The number of nitrogens with one attached hydrogen (secondary N) is 1. The molecule has 0 fully saturated rings. The number of carbonyl (C=O) groups is 1. The van der Waals surface area contributed by atoms with E-state index in [-0.39, 0.29) is 11.9 Å². The molecule has 6 heteroatoms. The summed E-state index contributed by atoms with van der Waals surface area (Å²) < 4.78 is 26.2. The van der Waals surface area contributed by atoms with Crippen LogP contribution in [0.1, 0.15) is 48.6 Å². The molecule has 0 saturated heterocycles. The van der Waals surface area contributed by atoms with Crippen LogP contribution < -0.4 is 9.62 Å². The molecule has 2 aromatic carbocycles. The van der Waals surface area contributed by atoms with Crippen molar-refractivity contribution >= 4 is 21.6 Å². The summed E-state index contributed by atoms with van der Waals surface area (Å²) >= 11 is 0. The fourth-order valence-electron chi connectivity index (χ4n) is 3.40. The fourth-order valence-corrected chi connectivity index (χ4v) is 4.56. The van der Waals surface area contributed by atoms with E-state index in [1.165, 1.54) is 4.31 Å². The van der Waals surface area contributed by atoms with Crippen LogP contribution in [0, 0.1) is 20.8 Å². The van der Waals surface area contributed by atoms with Crippen LogP contribution in [0.25, 0.3) is 0 Å². The lowest BCUT2D eigenvalue weighted by molar-refractivity contribution is -0.122. The summed E-state index contributed by atoms with van der Waals surface area (Å²) in [6, 6.07) is 12.5. The zero-order valence-electron chi connectivity index (χ0n) is 17.5. The number of hydrogen-bond donors (Lipinski definition) is 1. The van der Waals surface area contributed by atoms with Gasteiger partial charge in [0.1, 0.15) is 6.04 Å². The van der Waals surface area contributed by atoms with Gasteiger partial charge < -0.3 is 5.32 Å². The number of benzene rings is 2. The molecule has 2 rings (SSSR count). The standard InChI is InChI=1S/C22H30N2O3S/c1-7-21(19-10-8-15(2)9-11-19)23-22(25)18(5)24(28(6,26)27)20-13-16(3)12-17(4)14-20/h8-14,18,21H,7H2,1-6H3,(H,23,25)/t18-,21-/m1/s1. The lowest BCUT2D eigenvalue weighted by atomic mass is 10.0. The molecule has 0 aliphatic carbocycles. The molecule has 1 amide bonds. The van der Waals surface area contributed by atoms with Crippen LogP contribution in [0.2, 0.25) is 0 Å². The van der Waals surface area contributed by atoms with Crippen molar-refractivity contribution in [3.8, 4) is 0 Å². The number of carbonyl (C=O) groups excluding carboxylic acids is 1. The van der Waals surface area contributed by atoms with Crippen molar-refractivity contribution in [2.24, 2.45) is 0 Å². The predicted octanol–water partition coefficient (Wildman–Crippen LogP) is 4.03. The van der Waals surface area contributed by atoms with Crippen LogP contribution in [-0.4, -0.2) is 26.6 Å². The third-order valence-corrected chi connectivity index (χ3v) is 6.00. The molecule has 0 aliphatic heterocycles. The Morgan fingerprint density at radius 1 is 1.00 bits per heavy atom. The van der Waals surface area contributed by atoms with Crippen LogP contribution in [0.4, 0.5) is 5.69 Å². The first-order chi connectivity index (χ1) is 13.0. The molecule has 2 atom stereocenters. The van der Waals surface area contributed by atoms with E-state index < -0.39 is 16.1 Å². The average Bonchev–Trinajstić information content (AvgIpc) is 2.58. The third-order valence-electron chi connectivity index (χ3n) is 4.75. The normalized spacial score (nSPS) is 13.6. The first-order valence-corrected chi connectivity index (χ1v) is 11.3. The SMILES string of the molecule is CC[C@@H](NC(=O)[C@@H](C)N(c1cc(C)cc(C)c1)S(C)(=O)=O)c1ccc(C)cc1. The predicted molar refractivity (Wildman–Crippen MR) is 115 cm³/mol. The van der Waals surface area contributed by atoms with Crippen molar-refractivity contribution in [1.29, 1.82) is 0 Å². The van der Waals surface area contributed by atoms with E-state index in [1.54, 1.807) is 19.1 Å². The Morgan fingerprint density at radius 3 is 2.00 bits per heavy atom. The quantitative estimate of drug-likeness (QED) is 0.760. The topological polar surface area (TPSA) is 66.5 Å². The Bertz CT molecular complexity index is 917. The highest BCUT2D eigenvalue weighted by Gasteiger charge is 2.30. The number of rotatable bonds is 7. The number of sulfonamides is 1. The van der Waals surface area contributed by atoms with Crippen molar-refractivity contribution in [3.05, 3.63) is 64.7 Å². The van der Waals surface area contributed by atoms with Crippen LogP contribution in [0.5, 0.6) is 0 Å². The lowest BCUT2D eigenvalue weighted by Gasteiger charge is -2.30. The average molecular weight is 403 g/mol. The molecule has 0 saturated carbocycles. The smallest absolute Gasteiger partial charge is 0.244 e. The summed E-state index contributed by atoms with van der Waals surface area (Å²) in [6.45, 7) is 9.45. The lowest BCUT2D eigenvalue weighted by Crippen LogP contribution is -2.48. The molecule has 0 aromatic heterocycles. The first-order valence-electron chi connectivity index (χ1n) is 9.47. The minimum absolute atomic E-state index is 0.170. The molecule has 0 spiro atoms. The molecule has 1 N–H and O–H groups in total. The molecule has 152 valence electrons. The van der Waals surface area contributed by atoms with Gasteiger partial charge in [-0.1, -0.05) is 42.8 Å². The van der Waals surface area contributed by atoms with Crippen LogP contribution in [0.3, 0.4) is 0 Å². The molecule has 0 bridgehead atoms. The summed E-state index contributed by atoms with van der Waals surface area (Å²) in [7, 11) is -3.64. The van der Waals surface area contributed by atoms with E-state index in [0.717, 1.165) is 28.5 Å². The van der Waals surface area contributed by atoms with Crippen molar-refractivity contribution in [3.63, 3.8) is 0 Å². The monoisotopic (exact) mass is 402 g/mol. The molecular weight excluding hydrogens is 372 g/mol. The zero-order valence-corrected chi connectivity index (χ0v) is 18.3. The first kappa shape index (κ1) is 22.0. The van der Waals surface area contributed by atoms with E-state index in [2.05, 4.69) is 5.32 Å². The summed E-state index contributed by atoms with van der Waals surface area (Å²) in [5.74, 6) is -0.322. The second kappa shape index (κ2) is 8.78. The Balaban J connectivity index is 2.31. The van der Waals surface area contributed by atoms with Crippen LogP contribution >= 0.6 is 0 Å². The van der Waals surface area contributed by atoms with Gasteiger partial charge in [-0.05, 0) is 62.9 Å². The molecule has 28 heavy (non-hydrogen) atoms. The van der Waals surface area contributed by atoms with Crippen LogP contribution in [0.15, 0.2) is 42.5 Å². The third kappa shape index (κ3) is 5.35. The van der Waals surface area contributed by atoms with E-state index in [4.69, 9.17) is 0 Å². The van der Waals surface area contributed by atoms with Gasteiger partial charge in [0.2, 0.25) is 15.9 Å². The number of hydrogen-bond acceptors (Lipinski definition) is 3. The Kier molecular flexibility index (Phi) is 6.88. The summed E-state index contributed by atoms with van der Waals surface area (Å²) in [5.41, 5.74) is 4.55. The van der Waals surface area contributed by atoms with Gasteiger partial charge in [0.15, 0.2) is 0 Å². The van der Waals surface area contributed by atoms with Gasteiger partial charge in [-0.2, -0.15) is 0 Å². The van der Waals surface area contributed by atoms with Crippen molar-refractivity contribution in [1.82, 2.24) is 5.32 Å². The molecule has 5 nitrogen and oxygen atoms in total. The largest absolute Gasteiger partial charge is 0.347 e. The molecule has 0 aliphatic rings. The van der Waals surface area contributed by atoms with Gasteiger partial charge in [0.05, 0.1) is 18.0 Å².